The number of benzene rings is 2. The van der Waals surface area contributed by atoms with Crippen molar-refractivity contribution in [1.29, 1.82) is 0 Å². The van der Waals surface area contributed by atoms with Gasteiger partial charge in [-0.1, -0.05) is 12.1 Å². The predicted molar refractivity (Wildman–Crippen MR) is 81.3 cm³/mol. The zero-order valence-corrected chi connectivity index (χ0v) is 12.0. The van der Waals surface area contributed by atoms with E-state index in [0.29, 0.717) is 23.5 Å². The fraction of sp³-hybridized carbons (Fsp3) is 0.188. The van der Waals surface area contributed by atoms with Crippen LogP contribution in [0.15, 0.2) is 42.5 Å². The third-order valence-corrected chi connectivity index (χ3v) is 3.17. The summed E-state index contributed by atoms with van der Waals surface area (Å²) in [4.78, 5) is 14.0. The Kier molecular flexibility index (Phi) is 4.33. The summed E-state index contributed by atoms with van der Waals surface area (Å²) in [7, 11) is 3.22. The standard InChI is InChI=1S/C16H18N2O3/c1-18(10-11-4-3-5-12(19)8-11)16(20)14-9-13(21-2)6-7-15(14)17/h3-9,19H,10,17H2,1-2H3. The third-order valence-electron chi connectivity index (χ3n) is 3.17. The maximum absolute atomic E-state index is 12.5. The minimum atomic E-state index is -0.199. The molecular weight excluding hydrogens is 268 g/mol. The molecule has 0 atom stereocenters. The Labute approximate surface area is 123 Å². The lowest BCUT2D eigenvalue weighted by Crippen LogP contribution is -2.27. The van der Waals surface area contributed by atoms with Crippen molar-refractivity contribution in [1.82, 2.24) is 4.90 Å². The van der Waals surface area contributed by atoms with E-state index < -0.39 is 0 Å². The molecule has 0 aliphatic heterocycles. The maximum atomic E-state index is 12.5. The van der Waals surface area contributed by atoms with Crippen LogP contribution < -0.4 is 10.5 Å². The van der Waals surface area contributed by atoms with Gasteiger partial charge in [0.1, 0.15) is 11.5 Å². The molecule has 110 valence electrons. The Morgan fingerprint density at radius 2 is 2.05 bits per heavy atom. The smallest absolute Gasteiger partial charge is 0.256 e. The van der Waals surface area contributed by atoms with E-state index in [1.165, 1.54) is 7.11 Å². The molecule has 3 N–H and O–H groups in total. The van der Waals surface area contributed by atoms with Crippen LogP contribution in [0.2, 0.25) is 0 Å². The number of nitrogens with two attached hydrogens (primary N) is 1. The number of carbonyl (C=O) groups is 1. The Balaban J connectivity index is 2.19. The zero-order valence-electron chi connectivity index (χ0n) is 12.0. The number of phenols is 1. The van der Waals surface area contributed by atoms with Crippen molar-refractivity contribution in [3.05, 3.63) is 53.6 Å². The van der Waals surface area contributed by atoms with Gasteiger partial charge in [0.2, 0.25) is 0 Å². The van der Waals surface area contributed by atoms with E-state index >= 15 is 0 Å². The number of methoxy groups -OCH3 is 1. The molecule has 5 nitrogen and oxygen atoms in total. The number of hydrogen-bond donors (Lipinski definition) is 2. The van der Waals surface area contributed by atoms with Crippen LogP contribution in [-0.2, 0) is 6.54 Å². The Morgan fingerprint density at radius 3 is 2.71 bits per heavy atom. The molecule has 0 heterocycles. The second kappa shape index (κ2) is 6.17. The number of amides is 1. The minimum absolute atomic E-state index is 0.175. The number of anilines is 1. The topological polar surface area (TPSA) is 75.8 Å². The SMILES string of the molecule is COc1ccc(N)c(C(=O)N(C)Cc2cccc(O)c2)c1. The number of rotatable bonds is 4. The van der Waals surface area contributed by atoms with E-state index in [1.54, 1.807) is 48.3 Å². The quantitative estimate of drug-likeness (QED) is 0.845. The highest BCUT2D eigenvalue weighted by Crippen LogP contribution is 2.21. The normalized spacial score (nSPS) is 10.2. The lowest BCUT2D eigenvalue weighted by atomic mass is 10.1. The van der Waals surface area contributed by atoms with Gasteiger partial charge in [-0.3, -0.25) is 4.79 Å². The first-order chi connectivity index (χ1) is 10.0. The van der Waals surface area contributed by atoms with Gasteiger partial charge < -0.3 is 20.5 Å². The Hall–Kier alpha value is -2.69. The molecule has 0 bridgehead atoms. The lowest BCUT2D eigenvalue weighted by molar-refractivity contribution is 0.0785. The summed E-state index contributed by atoms with van der Waals surface area (Å²) in [6.07, 6.45) is 0. The third kappa shape index (κ3) is 3.45. The molecule has 5 heteroatoms. The van der Waals surface area contributed by atoms with Gasteiger partial charge in [0.15, 0.2) is 0 Å². The van der Waals surface area contributed by atoms with Gasteiger partial charge in [0, 0.05) is 19.3 Å². The van der Waals surface area contributed by atoms with Crippen LogP contribution in [0.1, 0.15) is 15.9 Å². The van der Waals surface area contributed by atoms with E-state index in [4.69, 9.17) is 10.5 Å². The van der Waals surface area contributed by atoms with Crippen LogP contribution in [0.25, 0.3) is 0 Å². The summed E-state index contributed by atoms with van der Waals surface area (Å²) in [5.41, 5.74) is 7.50. The van der Waals surface area contributed by atoms with Gasteiger partial charge in [0.05, 0.1) is 12.7 Å². The van der Waals surface area contributed by atoms with E-state index in [0.717, 1.165) is 5.56 Å². The van der Waals surface area contributed by atoms with E-state index in [2.05, 4.69) is 0 Å². The van der Waals surface area contributed by atoms with Crippen molar-refractivity contribution in [2.45, 2.75) is 6.54 Å². The molecule has 2 aromatic carbocycles. The summed E-state index contributed by atoms with van der Waals surface area (Å²) in [6, 6.07) is 11.8. The Bertz CT molecular complexity index is 656. The van der Waals surface area contributed by atoms with Crippen LogP contribution in [0.3, 0.4) is 0 Å². The highest BCUT2D eigenvalue weighted by Gasteiger charge is 2.16. The first-order valence-electron chi connectivity index (χ1n) is 6.48. The molecule has 0 fully saturated rings. The van der Waals surface area contributed by atoms with Gasteiger partial charge in [0.25, 0.3) is 5.91 Å². The molecule has 0 unspecified atom stereocenters. The van der Waals surface area contributed by atoms with Crippen LogP contribution in [-0.4, -0.2) is 30.1 Å². The molecule has 0 saturated carbocycles. The number of phenolic OH excluding ortho intramolecular Hbond substituents is 1. The van der Waals surface area contributed by atoms with E-state index in [1.807, 2.05) is 6.07 Å². The van der Waals surface area contributed by atoms with Crippen LogP contribution in [0.5, 0.6) is 11.5 Å². The van der Waals surface area contributed by atoms with Crippen molar-refractivity contribution in [3.63, 3.8) is 0 Å². The highest BCUT2D eigenvalue weighted by molar-refractivity contribution is 5.99. The van der Waals surface area contributed by atoms with Crippen LogP contribution >= 0.6 is 0 Å². The number of aromatic hydroxyl groups is 1. The summed E-state index contributed by atoms with van der Waals surface area (Å²) < 4.78 is 5.11. The first kappa shape index (κ1) is 14.7. The average molecular weight is 286 g/mol. The molecule has 0 aromatic heterocycles. The van der Waals surface area contributed by atoms with Gasteiger partial charge in [-0.05, 0) is 35.9 Å². The molecule has 2 rings (SSSR count). The van der Waals surface area contributed by atoms with E-state index in [-0.39, 0.29) is 11.7 Å². The molecule has 1 amide bonds. The fourth-order valence-corrected chi connectivity index (χ4v) is 2.05. The van der Waals surface area contributed by atoms with Gasteiger partial charge >= 0.3 is 0 Å². The number of nitrogen functional groups attached to an aromatic ring is 1. The second-order valence-electron chi connectivity index (χ2n) is 4.78. The predicted octanol–water partition coefficient (Wildman–Crippen LogP) is 2.26. The monoisotopic (exact) mass is 286 g/mol. The molecule has 2 aromatic rings. The molecular formula is C16H18N2O3. The number of nitrogens with zero attached hydrogens (tertiary/aromatic N) is 1. The van der Waals surface area contributed by atoms with Crippen molar-refractivity contribution in [3.8, 4) is 11.5 Å². The zero-order chi connectivity index (χ0) is 15.4. The van der Waals surface area contributed by atoms with Gasteiger partial charge in [-0.25, -0.2) is 0 Å². The largest absolute Gasteiger partial charge is 0.508 e. The molecule has 0 saturated heterocycles. The second-order valence-corrected chi connectivity index (χ2v) is 4.78. The number of carbonyl (C=O) groups excluding carboxylic acids is 1. The van der Waals surface area contributed by atoms with Crippen LogP contribution in [0.4, 0.5) is 5.69 Å². The number of hydrogen-bond acceptors (Lipinski definition) is 4. The molecule has 0 aliphatic rings. The van der Waals surface area contributed by atoms with Crippen LogP contribution in [0, 0.1) is 0 Å². The fourth-order valence-electron chi connectivity index (χ4n) is 2.05. The maximum Gasteiger partial charge on any atom is 0.256 e. The minimum Gasteiger partial charge on any atom is -0.508 e. The van der Waals surface area contributed by atoms with Crippen molar-refractivity contribution in [2.75, 3.05) is 19.9 Å². The average Bonchev–Trinajstić information content (AvgIpc) is 2.47. The lowest BCUT2D eigenvalue weighted by Gasteiger charge is -2.19. The molecule has 0 aliphatic carbocycles. The molecule has 0 spiro atoms. The van der Waals surface area contributed by atoms with Crippen molar-refractivity contribution < 1.29 is 14.6 Å². The van der Waals surface area contributed by atoms with Crippen molar-refractivity contribution >= 4 is 11.6 Å². The summed E-state index contributed by atoms with van der Waals surface area (Å²) >= 11 is 0. The first-order valence-corrected chi connectivity index (χ1v) is 6.48. The highest BCUT2D eigenvalue weighted by atomic mass is 16.5. The summed E-state index contributed by atoms with van der Waals surface area (Å²) in [6.45, 7) is 0.379. The van der Waals surface area contributed by atoms with Crippen molar-refractivity contribution in [2.24, 2.45) is 0 Å². The summed E-state index contributed by atoms with van der Waals surface area (Å²) in [5.74, 6) is 0.558. The van der Waals surface area contributed by atoms with Gasteiger partial charge in [-0.15, -0.1) is 0 Å². The Morgan fingerprint density at radius 1 is 1.29 bits per heavy atom. The summed E-state index contributed by atoms with van der Waals surface area (Å²) in [5, 5.41) is 9.45. The van der Waals surface area contributed by atoms with E-state index in [9.17, 15) is 9.90 Å². The van der Waals surface area contributed by atoms with Gasteiger partial charge in [-0.2, -0.15) is 0 Å². The molecule has 21 heavy (non-hydrogen) atoms. The molecule has 0 radical (unpaired) electrons. The number of ether oxygens (including phenoxy) is 1.